The van der Waals surface area contributed by atoms with Crippen LogP contribution in [0.25, 0.3) is 33.2 Å². The smallest absolute Gasteiger partial charge is 0.137 e. The lowest BCUT2D eigenvalue weighted by atomic mass is 10.0. The van der Waals surface area contributed by atoms with Gasteiger partial charge in [0.05, 0.1) is 5.69 Å². The van der Waals surface area contributed by atoms with Crippen molar-refractivity contribution >= 4 is 27.6 Å². The third-order valence-corrected chi connectivity index (χ3v) is 7.66. The van der Waals surface area contributed by atoms with Crippen LogP contribution in [0.5, 0.6) is 0 Å². The number of hydrogen-bond acceptors (Lipinski definition) is 4. The van der Waals surface area contributed by atoms with Gasteiger partial charge in [0.2, 0.25) is 0 Å². The summed E-state index contributed by atoms with van der Waals surface area (Å²) < 4.78 is 0. The minimum atomic E-state index is 0.774. The van der Waals surface area contributed by atoms with E-state index >= 15 is 0 Å². The predicted molar refractivity (Wildman–Crippen MR) is 132 cm³/mol. The van der Waals surface area contributed by atoms with E-state index in [0.717, 1.165) is 30.2 Å². The highest BCUT2D eigenvalue weighted by Gasteiger charge is 2.26. The summed E-state index contributed by atoms with van der Waals surface area (Å²) in [4.78, 5) is 19.1. The molecule has 0 amide bonds. The van der Waals surface area contributed by atoms with Crippen LogP contribution in [0.3, 0.4) is 0 Å². The zero-order valence-corrected chi connectivity index (χ0v) is 19.1. The van der Waals surface area contributed by atoms with E-state index in [0.29, 0.717) is 0 Å². The maximum Gasteiger partial charge on any atom is 0.137 e. The maximum atomic E-state index is 4.45. The van der Waals surface area contributed by atoms with E-state index in [4.69, 9.17) is 0 Å². The number of likely N-dealkylation sites (tertiary alicyclic amines) is 1. The summed E-state index contributed by atoms with van der Waals surface area (Å²) in [6, 6.07) is 11.9. The first kappa shape index (κ1) is 19.8. The Morgan fingerprint density at radius 3 is 2.56 bits per heavy atom. The highest BCUT2D eigenvalue weighted by molar-refractivity contribution is 5.99. The monoisotopic (exact) mass is 428 g/mol. The van der Waals surface area contributed by atoms with Crippen molar-refractivity contribution in [1.29, 1.82) is 0 Å². The van der Waals surface area contributed by atoms with E-state index < -0.39 is 0 Å². The Balaban J connectivity index is 1.24. The average molecular weight is 429 g/mol. The highest BCUT2D eigenvalue weighted by atomic mass is 15.3. The third kappa shape index (κ3) is 3.38. The summed E-state index contributed by atoms with van der Waals surface area (Å²) in [5, 5.41) is 2.48. The number of benzene rings is 1. The van der Waals surface area contributed by atoms with Crippen molar-refractivity contribution in [3.8, 4) is 11.3 Å². The standard InChI is InChI=1S/C26H32N6/c1-18-23-17-20(32-15-13-31(14-16-32)19-7-11-30(2)12-8-19)3-4-24(23)29-25(18)21-5-9-27-26-22(21)6-10-28-26/h3-6,9-10,17,19,29H,7-8,11-16H2,1-2H3,(H,27,28). The molecule has 0 bridgehead atoms. The van der Waals surface area contributed by atoms with Gasteiger partial charge in [-0.05, 0) is 75.8 Å². The molecular formula is C26H32N6. The second-order valence-corrected chi connectivity index (χ2v) is 9.51. The maximum absolute atomic E-state index is 4.45. The molecule has 2 fully saturated rings. The Bertz CT molecular complexity index is 1240. The van der Waals surface area contributed by atoms with E-state index in [1.165, 1.54) is 72.4 Å². The van der Waals surface area contributed by atoms with Crippen molar-refractivity contribution < 1.29 is 0 Å². The number of nitrogens with one attached hydrogen (secondary N) is 2. The molecule has 32 heavy (non-hydrogen) atoms. The molecule has 0 unspecified atom stereocenters. The van der Waals surface area contributed by atoms with Gasteiger partial charge in [-0.3, -0.25) is 4.90 Å². The van der Waals surface area contributed by atoms with Gasteiger partial charge in [0.25, 0.3) is 0 Å². The van der Waals surface area contributed by atoms with Gasteiger partial charge in [-0.15, -0.1) is 0 Å². The van der Waals surface area contributed by atoms with Crippen LogP contribution in [-0.2, 0) is 0 Å². The molecule has 6 rings (SSSR count). The number of aromatic nitrogens is 3. The molecule has 6 nitrogen and oxygen atoms in total. The molecule has 2 aliphatic rings. The Hall–Kier alpha value is -2.83. The van der Waals surface area contributed by atoms with Crippen molar-refractivity contribution in [2.75, 3.05) is 51.2 Å². The van der Waals surface area contributed by atoms with Crippen LogP contribution in [-0.4, -0.2) is 77.1 Å². The molecule has 6 heteroatoms. The number of fused-ring (bicyclic) bond motifs is 2. The van der Waals surface area contributed by atoms with Crippen molar-refractivity contribution in [1.82, 2.24) is 24.8 Å². The Morgan fingerprint density at radius 2 is 1.75 bits per heavy atom. The van der Waals surface area contributed by atoms with Crippen molar-refractivity contribution in [2.45, 2.75) is 25.8 Å². The van der Waals surface area contributed by atoms with Gasteiger partial charge in [-0.1, -0.05) is 0 Å². The molecule has 5 heterocycles. The second kappa shape index (κ2) is 7.94. The van der Waals surface area contributed by atoms with E-state index in [2.05, 4.69) is 74.0 Å². The topological polar surface area (TPSA) is 54.2 Å². The first-order chi connectivity index (χ1) is 15.7. The summed E-state index contributed by atoms with van der Waals surface area (Å²) in [6.07, 6.45) is 6.48. The number of H-pyrrole nitrogens is 2. The predicted octanol–water partition coefficient (Wildman–Crippen LogP) is 4.24. The third-order valence-electron chi connectivity index (χ3n) is 7.66. The first-order valence-corrected chi connectivity index (χ1v) is 11.9. The molecule has 3 aromatic heterocycles. The van der Waals surface area contributed by atoms with Crippen molar-refractivity contribution in [2.24, 2.45) is 0 Å². The lowest BCUT2D eigenvalue weighted by molar-refractivity contribution is 0.115. The number of piperazine rings is 1. The zero-order chi connectivity index (χ0) is 21.7. The molecule has 2 N–H and O–H groups in total. The number of hydrogen-bond donors (Lipinski definition) is 2. The van der Waals surface area contributed by atoms with Crippen molar-refractivity contribution in [3.63, 3.8) is 0 Å². The fourth-order valence-corrected chi connectivity index (χ4v) is 5.66. The zero-order valence-electron chi connectivity index (χ0n) is 19.1. The SMILES string of the molecule is Cc1c(-c2ccnc3[nH]ccc23)[nH]c2ccc(N3CCN(C4CCN(C)CC4)CC3)cc12. The molecule has 0 radical (unpaired) electrons. The fourth-order valence-electron chi connectivity index (χ4n) is 5.66. The van der Waals surface area contributed by atoms with E-state index in [9.17, 15) is 0 Å². The lowest BCUT2D eigenvalue weighted by Gasteiger charge is -2.42. The van der Waals surface area contributed by atoms with Crippen LogP contribution in [0.15, 0.2) is 42.7 Å². The molecule has 0 saturated carbocycles. The molecule has 4 aromatic rings. The summed E-state index contributed by atoms with van der Waals surface area (Å²) in [5.41, 5.74) is 7.18. The van der Waals surface area contributed by atoms with Gasteiger partial charge in [0.15, 0.2) is 0 Å². The van der Waals surface area contributed by atoms with Gasteiger partial charge in [0, 0.05) is 72.2 Å². The number of pyridine rings is 1. The second-order valence-electron chi connectivity index (χ2n) is 9.51. The molecular weight excluding hydrogens is 396 g/mol. The Labute approximate surface area is 189 Å². The van der Waals surface area contributed by atoms with Gasteiger partial charge in [0.1, 0.15) is 5.65 Å². The summed E-state index contributed by atoms with van der Waals surface area (Å²) in [5.74, 6) is 0. The van der Waals surface area contributed by atoms with Crippen LogP contribution in [0, 0.1) is 6.92 Å². The molecule has 2 aliphatic heterocycles. The van der Waals surface area contributed by atoms with E-state index in [1.54, 1.807) is 0 Å². The summed E-state index contributed by atoms with van der Waals surface area (Å²) in [6.45, 7) is 9.28. The summed E-state index contributed by atoms with van der Waals surface area (Å²) in [7, 11) is 2.24. The van der Waals surface area contributed by atoms with E-state index in [-0.39, 0.29) is 0 Å². The van der Waals surface area contributed by atoms with Crippen LogP contribution in [0.2, 0.25) is 0 Å². The molecule has 2 saturated heterocycles. The van der Waals surface area contributed by atoms with Crippen LogP contribution < -0.4 is 4.90 Å². The average Bonchev–Trinajstić information content (AvgIpc) is 3.44. The minimum absolute atomic E-state index is 0.774. The van der Waals surface area contributed by atoms with Crippen LogP contribution in [0.4, 0.5) is 5.69 Å². The Morgan fingerprint density at radius 1 is 0.938 bits per heavy atom. The largest absolute Gasteiger partial charge is 0.369 e. The van der Waals surface area contributed by atoms with Crippen LogP contribution in [0.1, 0.15) is 18.4 Å². The van der Waals surface area contributed by atoms with Gasteiger partial charge in [-0.2, -0.15) is 0 Å². The molecule has 0 aliphatic carbocycles. The number of piperidine rings is 1. The van der Waals surface area contributed by atoms with Gasteiger partial charge < -0.3 is 19.8 Å². The molecule has 0 spiro atoms. The van der Waals surface area contributed by atoms with Crippen LogP contribution >= 0.6 is 0 Å². The number of aromatic amines is 2. The van der Waals surface area contributed by atoms with E-state index in [1.807, 2.05) is 12.4 Å². The van der Waals surface area contributed by atoms with Crippen molar-refractivity contribution in [3.05, 3.63) is 48.3 Å². The lowest BCUT2D eigenvalue weighted by Crippen LogP contribution is -2.53. The van der Waals surface area contributed by atoms with Gasteiger partial charge in [-0.25, -0.2) is 4.98 Å². The highest BCUT2D eigenvalue weighted by Crippen LogP contribution is 2.35. The minimum Gasteiger partial charge on any atom is -0.369 e. The molecule has 0 atom stereocenters. The number of anilines is 1. The van der Waals surface area contributed by atoms with Gasteiger partial charge >= 0.3 is 0 Å². The Kier molecular flexibility index (Phi) is 4.92. The summed E-state index contributed by atoms with van der Waals surface area (Å²) >= 11 is 0. The first-order valence-electron chi connectivity index (χ1n) is 11.9. The quantitative estimate of drug-likeness (QED) is 0.513. The fraction of sp³-hybridized carbons (Fsp3) is 0.423. The molecule has 1 aromatic carbocycles. The number of aryl methyl sites for hydroxylation is 1. The molecule has 166 valence electrons. The number of rotatable bonds is 3. The normalized spacial score (nSPS) is 19.4. The number of nitrogens with zero attached hydrogens (tertiary/aromatic N) is 4.